The first-order valence-electron chi connectivity index (χ1n) is 21.4. The van der Waals surface area contributed by atoms with E-state index >= 15 is 0 Å². The average Bonchev–Trinajstić information content (AvgIpc) is 3.89. The second-order valence-electron chi connectivity index (χ2n) is 16.3. The molecule has 2 aromatic heterocycles. The highest BCUT2D eigenvalue weighted by atomic mass is 32.1. The summed E-state index contributed by atoms with van der Waals surface area (Å²) in [5.41, 5.74) is 15.4. The smallest absolute Gasteiger partial charge is 0.164 e. The maximum Gasteiger partial charge on any atom is 0.164 e. The number of thiophene rings is 1. The van der Waals surface area contributed by atoms with Gasteiger partial charge < -0.3 is 4.90 Å². The predicted octanol–water partition coefficient (Wildman–Crippen LogP) is 15.1. The number of fused-ring (bicyclic) bond motifs is 12. The molecule has 0 unspecified atom stereocenters. The fourth-order valence-corrected chi connectivity index (χ4v) is 11.5. The first kappa shape index (κ1) is 35.7. The Hall–Kier alpha value is -7.99. The molecular weight excluding hydrogens is 785 g/mol. The van der Waals surface area contributed by atoms with Gasteiger partial charge in [0.15, 0.2) is 17.5 Å². The van der Waals surface area contributed by atoms with Gasteiger partial charge in [0.2, 0.25) is 0 Å². The van der Waals surface area contributed by atoms with E-state index < -0.39 is 5.41 Å². The van der Waals surface area contributed by atoms with Crippen LogP contribution in [0.2, 0.25) is 0 Å². The van der Waals surface area contributed by atoms with Gasteiger partial charge in [0.1, 0.15) is 0 Å². The largest absolute Gasteiger partial charge is 0.310 e. The molecule has 1 spiro atoms. The fraction of sp³-hybridized carbons (Fsp3) is 0.0172. The van der Waals surface area contributed by atoms with Crippen molar-refractivity contribution in [2.24, 2.45) is 0 Å². The molecule has 1 aliphatic carbocycles. The molecule has 63 heavy (non-hydrogen) atoms. The van der Waals surface area contributed by atoms with Crippen LogP contribution in [-0.4, -0.2) is 15.0 Å². The highest BCUT2D eigenvalue weighted by Crippen LogP contribution is 2.64. The van der Waals surface area contributed by atoms with Gasteiger partial charge in [-0.1, -0.05) is 188 Å². The zero-order chi connectivity index (χ0) is 41.5. The number of aromatic nitrogens is 3. The predicted molar refractivity (Wildman–Crippen MR) is 260 cm³/mol. The van der Waals surface area contributed by atoms with Crippen LogP contribution in [0.25, 0.3) is 76.6 Å². The summed E-state index contributed by atoms with van der Waals surface area (Å²) in [6.45, 7) is 0. The van der Waals surface area contributed by atoms with Crippen LogP contribution < -0.4 is 4.90 Å². The molecule has 5 heteroatoms. The van der Waals surface area contributed by atoms with Crippen molar-refractivity contribution in [2.75, 3.05) is 4.90 Å². The first-order valence-corrected chi connectivity index (χ1v) is 22.2. The number of anilines is 3. The van der Waals surface area contributed by atoms with E-state index in [1.165, 1.54) is 53.6 Å². The van der Waals surface area contributed by atoms with E-state index in [0.29, 0.717) is 17.5 Å². The summed E-state index contributed by atoms with van der Waals surface area (Å²) in [7, 11) is 0. The summed E-state index contributed by atoms with van der Waals surface area (Å²) in [6.07, 6.45) is 0. The van der Waals surface area contributed by atoms with Crippen molar-refractivity contribution in [1.29, 1.82) is 0 Å². The molecule has 0 saturated carbocycles. The lowest BCUT2D eigenvalue weighted by molar-refractivity contribution is 0.752. The van der Waals surface area contributed by atoms with E-state index in [2.05, 4.69) is 205 Å². The molecule has 0 atom stereocenters. The second kappa shape index (κ2) is 14.0. The Balaban J connectivity index is 1.01. The third-order valence-electron chi connectivity index (χ3n) is 12.9. The maximum atomic E-state index is 5.38. The Kier molecular flexibility index (Phi) is 7.96. The number of hydrogen-bond acceptors (Lipinski definition) is 5. The lowest BCUT2D eigenvalue weighted by Crippen LogP contribution is -2.36. The van der Waals surface area contributed by atoms with Crippen LogP contribution in [0.15, 0.2) is 218 Å². The van der Waals surface area contributed by atoms with E-state index in [0.717, 1.165) is 44.9 Å². The molecule has 0 fully saturated rings. The highest BCUT2D eigenvalue weighted by molar-refractivity contribution is 7.26. The fourth-order valence-electron chi connectivity index (χ4n) is 10.3. The molecule has 1 aliphatic heterocycles. The standard InChI is InChI=1S/C58H36N4S/c1-3-17-38(18-4-1)55-59-56(39-35-33-37(34-36-39)41-23-15-24-43-42-21-8-14-32-52(42)63-54(41)43)61-57(60-55)45-25-16-29-49-53(45)44-22-7-9-26-46(44)58(49)47-27-10-12-30-50(47)62(40-19-5-2-6-20-40)51-31-13-11-28-48(51)58/h1-36H. The Morgan fingerprint density at radius 2 is 0.857 bits per heavy atom. The summed E-state index contributed by atoms with van der Waals surface area (Å²) < 4.78 is 2.60. The zero-order valence-corrected chi connectivity index (χ0v) is 34.8. The molecule has 2 aliphatic rings. The minimum absolute atomic E-state index is 0.592. The van der Waals surface area contributed by atoms with E-state index in [4.69, 9.17) is 15.0 Å². The van der Waals surface area contributed by atoms with Gasteiger partial charge in [-0.2, -0.15) is 0 Å². The van der Waals surface area contributed by atoms with Crippen LogP contribution in [0, 0.1) is 0 Å². The zero-order valence-electron chi connectivity index (χ0n) is 34.0. The third-order valence-corrected chi connectivity index (χ3v) is 14.2. The number of para-hydroxylation sites is 3. The van der Waals surface area contributed by atoms with E-state index in [-0.39, 0.29) is 0 Å². The first-order chi connectivity index (χ1) is 31.3. The van der Waals surface area contributed by atoms with Gasteiger partial charge >= 0.3 is 0 Å². The summed E-state index contributed by atoms with van der Waals surface area (Å²) in [5, 5.41) is 2.59. The second-order valence-corrected chi connectivity index (χ2v) is 17.3. The number of nitrogens with zero attached hydrogens (tertiary/aromatic N) is 4. The average molecular weight is 821 g/mol. The number of hydrogen-bond donors (Lipinski definition) is 0. The van der Waals surface area contributed by atoms with Crippen LogP contribution in [-0.2, 0) is 5.41 Å². The van der Waals surface area contributed by atoms with Gasteiger partial charge in [0.25, 0.3) is 0 Å². The Morgan fingerprint density at radius 3 is 1.60 bits per heavy atom. The quantitative estimate of drug-likeness (QED) is 0.173. The minimum Gasteiger partial charge on any atom is -0.310 e. The van der Waals surface area contributed by atoms with Crippen molar-refractivity contribution >= 4 is 48.6 Å². The maximum absolute atomic E-state index is 5.38. The topological polar surface area (TPSA) is 41.9 Å². The molecule has 0 bridgehead atoms. The monoisotopic (exact) mass is 820 g/mol. The molecule has 3 heterocycles. The van der Waals surface area contributed by atoms with Crippen LogP contribution in [0.4, 0.5) is 17.1 Å². The molecule has 294 valence electrons. The summed E-state index contributed by atoms with van der Waals surface area (Å²) in [6, 6.07) is 78.5. The minimum atomic E-state index is -0.592. The van der Waals surface area contributed by atoms with Crippen LogP contribution in [0.5, 0.6) is 0 Å². The van der Waals surface area contributed by atoms with Gasteiger partial charge in [0, 0.05) is 42.6 Å². The lowest BCUT2D eigenvalue weighted by Gasteiger charge is -2.45. The van der Waals surface area contributed by atoms with Crippen molar-refractivity contribution in [3.05, 3.63) is 241 Å². The molecule has 0 amide bonds. The van der Waals surface area contributed by atoms with E-state index in [1.54, 1.807) is 0 Å². The molecular formula is C58H36N4S. The Morgan fingerprint density at radius 1 is 0.349 bits per heavy atom. The van der Waals surface area contributed by atoms with Gasteiger partial charge in [-0.3, -0.25) is 0 Å². The van der Waals surface area contributed by atoms with Gasteiger partial charge in [-0.15, -0.1) is 11.3 Å². The summed E-state index contributed by atoms with van der Waals surface area (Å²) in [4.78, 5) is 18.3. The number of benzene rings is 9. The molecule has 11 aromatic rings. The molecule has 0 N–H and O–H groups in total. The van der Waals surface area contributed by atoms with Crippen LogP contribution in [0.3, 0.4) is 0 Å². The summed E-state index contributed by atoms with van der Waals surface area (Å²) >= 11 is 1.85. The molecule has 13 rings (SSSR count). The highest BCUT2D eigenvalue weighted by Gasteiger charge is 2.52. The third kappa shape index (κ3) is 5.30. The summed E-state index contributed by atoms with van der Waals surface area (Å²) in [5.74, 6) is 1.92. The SMILES string of the molecule is c1ccc(-c2nc(-c3ccc(-c4cccc5c4sc4ccccc45)cc3)nc(-c3cccc4c3-c3ccccc3C43c4ccccc4N(c4ccccc4)c4ccccc43)n2)cc1. The molecule has 9 aromatic carbocycles. The lowest BCUT2D eigenvalue weighted by atomic mass is 9.64. The van der Waals surface area contributed by atoms with Crippen molar-refractivity contribution < 1.29 is 0 Å². The van der Waals surface area contributed by atoms with Crippen LogP contribution in [0.1, 0.15) is 22.3 Å². The van der Waals surface area contributed by atoms with E-state index in [9.17, 15) is 0 Å². The molecule has 0 saturated heterocycles. The van der Waals surface area contributed by atoms with Gasteiger partial charge in [-0.05, 0) is 74.8 Å². The van der Waals surface area contributed by atoms with E-state index in [1.807, 2.05) is 29.5 Å². The van der Waals surface area contributed by atoms with Crippen molar-refractivity contribution in [3.63, 3.8) is 0 Å². The van der Waals surface area contributed by atoms with Gasteiger partial charge in [-0.25, -0.2) is 15.0 Å². The number of rotatable bonds is 5. The van der Waals surface area contributed by atoms with Crippen molar-refractivity contribution in [1.82, 2.24) is 15.0 Å². The van der Waals surface area contributed by atoms with Crippen LogP contribution >= 0.6 is 11.3 Å². The molecule has 4 nitrogen and oxygen atoms in total. The normalized spacial score (nSPS) is 13.2. The van der Waals surface area contributed by atoms with Gasteiger partial charge in [0.05, 0.1) is 16.8 Å². The van der Waals surface area contributed by atoms with Crippen molar-refractivity contribution in [3.8, 4) is 56.4 Å². The Bertz CT molecular complexity index is 3530. The molecule has 0 radical (unpaired) electrons. The Labute approximate surface area is 369 Å². The van der Waals surface area contributed by atoms with Crippen molar-refractivity contribution in [2.45, 2.75) is 5.41 Å².